The Balaban J connectivity index is 2.09. The summed E-state index contributed by atoms with van der Waals surface area (Å²) in [4.78, 5) is 12.5. The van der Waals surface area contributed by atoms with Crippen LogP contribution in [-0.2, 0) is 10.0 Å². The van der Waals surface area contributed by atoms with Crippen molar-refractivity contribution >= 4 is 73.8 Å². The van der Waals surface area contributed by atoms with E-state index in [1.54, 1.807) is 31.2 Å². The Kier molecular flexibility index (Phi) is 7.72. The van der Waals surface area contributed by atoms with Gasteiger partial charge in [-0.1, -0.05) is 53.0 Å². The van der Waals surface area contributed by atoms with Crippen LogP contribution in [-0.4, -0.2) is 29.4 Å². The van der Waals surface area contributed by atoms with Crippen LogP contribution in [0.25, 0.3) is 0 Å². The number of rotatable bonds is 5. The van der Waals surface area contributed by atoms with Gasteiger partial charge in [0.2, 0.25) is 13.8 Å². The lowest BCUT2D eigenvalue weighted by Gasteiger charge is -2.28. The Hall–Kier alpha value is -1.62. The van der Waals surface area contributed by atoms with Gasteiger partial charge in [0.25, 0.3) is 5.91 Å². The van der Waals surface area contributed by atoms with E-state index in [0.29, 0.717) is 11.3 Å². The Morgan fingerprint density at radius 1 is 1.07 bits per heavy atom. The number of nitrogens with one attached hydrogen (secondary N) is 3. The third-order valence-corrected chi connectivity index (χ3v) is 5.51. The number of thiocarbonyl (C=S) groups is 1. The lowest BCUT2D eigenvalue weighted by atomic mass is 10.1. The van der Waals surface area contributed by atoms with Crippen LogP contribution in [0, 0.1) is 6.92 Å². The van der Waals surface area contributed by atoms with Gasteiger partial charge in [-0.25, -0.2) is 13.6 Å². The summed E-state index contributed by atoms with van der Waals surface area (Å²) in [5.74, 6) is -0.452. The molecule has 0 saturated carbocycles. The summed E-state index contributed by atoms with van der Waals surface area (Å²) in [5, 5.41) is 13.2. The van der Waals surface area contributed by atoms with Crippen molar-refractivity contribution in [1.82, 2.24) is 10.6 Å². The SMILES string of the molecule is Cc1ccccc1C(=O)N[C@H](NC(=S)Nc1ccc(S(N)(=O)=O)cc1)C(Cl)(Cl)Cl. The number of nitrogens with two attached hydrogens (primary N) is 1. The van der Waals surface area contributed by atoms with Gasteiger partial charge in [-0.3, -0.25) is 4.79 Å². The molecular formula is C17H17Cl3N4O3S2. The van der Waals surface area contributed by atoms with Crippen molar-refractivity contribution in [2.24, 2.45) is 5.14 Å². The van der Waals surface area contributed by atoms with E-state index in [0.717, 1.165) is 5.56 Å². The molecule has 29 heavy (non-hydrogen) atoms. The van der Waals surface area contributed by atoms with Crippen molar-refractivity contribution in [3.63, 3.8) is 0 Å². The molecule has 0 aliphatic heterocycles. The molecule has 12 heteroatoms. The first kappa shape index (κ1) is 23.7. The van der Waals surface area contributed by atoms with Crippen LogP contribution >= 0.6 is 47.0 Å². The third kappa shape index (κ3) is 6.98. The first-order chi connectivity index (χ1) is 13.4. The van der Waals surface area contributed by atoms with Crippen LogP contribution in [0.5, 0.6) is 0 Å². The second kappa shape index (κ2) is 9.46. The topological polar surface area (TPSA) is 113 Å². The van der Waals surface area contributed by atoms with Gasteiger partial charge in [-0.05, 0) is 55.0 Å². The van der Waals surface area contributed by atoms with Crippen LogP contribution in [0.15, 0.2) is 53.4 Å². The predicted molar refractivity (Wildman–Crippen MR) is 120 cm³/mol. The summed E-state index contributed by atoms with van der Waals surface area (Å²) in [6, 6.07) is 12.5. The van der Waals surface area contributed by atoms with Gasteiger partial charge in [0, 0.05) is 11.3 Å². The highest BCUT2D eigenvalue weighted by molar-refractivity contribution is 7.89. The van der Waals surface area contributed by atoms with E-state index in [1.165, 1.54) is 24.3 Å². The maximum atomic E-state index is 12.5. The van der Waals surface area contributed by atoms with Crippen LogP contribution < -0.4 is 21.1 Å². The highest BCUT2D eigenvalue weighted by atomic mass is 35.6. The van der Waals surface area contributed by atoms with Gasteiger partial charge in [0.15, 0.2) is 5.11 Å². The van der Waals surface area contributed by atoms with E-state index >= 15 is 0 Å². The van der Waals surface area contributed by atoms with Crippen LogP contribution in [0.2, 0.25) is 0 Å². The Labute approximate surface area is 188 Å². The number of anilines is 1. The number of amides is 1. The highest BCUT2D eigenvalue weighted by Gasteiger charge is 2.35. The zero-order valence-corrected chi connectivity index (χ0v) is 18.8. The molecule has 0 spiro atoms. The summed E-state index contributed by atoms with van der Waals surface area (Å²) in [6.07, 6.45) is -1.15. The van der Waals surface area contributed by atoms with Crippen molar-refractivity contribution in [1.29, 1.82) is 0 Å². The molecule has 0 radical (unpaired) electrons. The minimum absolute atomic E-state index is 0.0368. The number of carbonyl (C=O) groups excluding carboxylic acids is 1. The molecule has 0 aliphatic carbocycles. The molecule has 0 aromatic heterocycles. The van der Waals surface area contributed by atoms with E-state index in [9.17, 15) is 13.2 Å². The molecular weight excluding hydrogens is 479 g/mol. The van der Waals surface area contributed by atoms with E-state index in [2.05, 4.69) is 16.0 Å². The molecule has 7 nitrogen and oxygen atoms in total. The maximum absolute atomic E-state index is 12.5. The molecule has 0 unspecified atom stereocenters. The minimum atomic E-state index is -3.81. The number of hydrogen-bond donors (Lipinski definition) is 4. The number of aryl methyl sites for hydroxylation is 1. The van der Waals surface area contributed by atoms with Gasteiger partial charge in [0.1, 0.15) is 6.17 Å². The van der Waals surface area contributed by atoms with Crippen LogP contribution in [0.1, 0.15) is 15.9 Å². The van der Waals surface area contributed by atoms with Gasteiger partial charge < -0.3 is 16.0 Å². The number of alkyl halides is 3. The van der Waals surface area contributed by atoms with E-state index in [1.807, 2.05) is 0 Å². The maximum Gasteiger partial charge on any atom is 0.253 e. The fourth-order valence-corrected chi connectivity index (χ4v) is 3.34. The first-order valence-corrected chi connectivity index (χ1v) is 11.1. The Morgan fingerprint density at radius 3 is 2.17 bits per heavy atom. The summed E-state index contributed by atoms with van der Waals surface area (Å²) in [7, 11) is -3.81. The van der Waals surface area contributed by atoms with E-state index in [-0.39, 0.29) is 10.0 Å². The van der Waals surface area contributed by atoms with Crippen molar-refractivity contribution in [3.05, 3.63) is 59.7 Å². The Bertz CT molecular complexity index is 1010. The largest absolute Gasteiger partial charge is 0.339 e. The molecule has 2 aromatic rings. The molecule has 1 atom stereocenters. The smallest absolute Gasteiger partial charge is 0.253 e. The summed E-state index contributed by atoms with van der Waals surface area (Å²) in [5.41, 5.74) is 1.64. The average Bonchev–Trinajstić information content (AvgIpc) is 2.60. The van der Waals surface area contributed by atoms with Crippen LogP contribution in [0.3, 0.4) is 0 Å². The molecule has 0 aliphatic rings. The highest BCUT2D eigenvalue weighted by Crippen LogP contribution is 2.29. The zero-order chi connectivity index (χ0) is 21.8. The predicted octanol–water partition coefficient (Wildman–Crippen LogP) is 3.06. The second-order valence-corrected chi connectivity index (χ2v) is 10.3. The van der Waals surface area contributed by atoms with Crippen molar-refractivity contribution in [2.75, 3.05) is 5.32 Å². The number of halogens is 3. The minimum Gasteiger partial charge on any atom is -0.339 e. The first-order valence-electron chi connectivity index (χ1n) is 8.01. The molecule has 0 bridgehead atoms. The molecule has 0 saturated heterocycles. The van der Waals surface area contributed by atoms with Gasteiger partial charge >= 0.3 is 0 Å². The van der Waals surface area contributed by atoms with E-state index < -0.39 is 25.9 Å². The summed E-state index contributed by atoms with van der Waals surface area (Å²) < 4.78 is 20.7. The number of carbonyl (C=O) groups is 1. The molecule has 5 N–H and O–H groups in total. The normalized spacial score (nSPS) is 12.7. The second-order valence-electron chi connectivity index (χ2n) is 5.93. The standard InChI is InChI=1S/C17H17Cl3N4O3S2/c1-10-4-2-3-5-13(10)14(25)23-15(17(18,19)20)24-16(28)22-11-6-8-12(9-7-11)29(21,26)27/h2-9,15H,1H3,(H,23,25)(H2,21,26,27)(H2,22,24,28)/t15-/m1/s1. The lowest BCUT2D eigenvalue weighted by molar-refractivity contribution is 0.0934. The quantitative estimate of drug-likeness (QED) is 0.288. The fraction of sp³-hybridized carbons (Fsp3) is 0.176. The fourth-order valence-electron chi connectivity index (χ4n) is 2.26. The molecule has 2 aromatic carbocycles. The molecule has 2 rings (SSSR count). The summed E-state index contributed by atoms with van der Waals surface area (Å²) >= 11 is 23.1. The van der Waals surface area contributed by atoms with E-state index in [4.69, 9.17) is 52.2 Å². The zero-order valence-electron chi connectivity index (χ0n) is 14.9. The Morgan fingerprint density at radius 2 is 1.66 bits per heavy atom. The summed E-state index contributed by atoms with van der Waals surface area (Å²) in [6.45, 7) is 1.78. The molecule has 0 heterocycles. The van der Waals surface area contributed by atoms with Gasteiger partial charge in [0.05, 0.1) is 4.90 Å². The van der Waals surface area contributed by atoms with Crippen molar-refractivity contribution in [3.8, 4) is 0 Å². The third-order valence-electron chi connectivity index (χ3n) is 3.71. The van der Waals surface area contributed by atoms with Gasteiger partial charge in [-0.15, -0.1) is 0 Å². The monoisotopic (exact) mass is 494 g/mol. The van der Waals surface area contributed by atoms with Gasteiger partial charge in [-0.2, -0.15) is 0 Å². The van der Waals surface area contributed by atoms with Crippen molar-refractivity contribution < 1.29 is 13.2 Å². The molecule has 156 valence electrons. The molecule has 0 fully saturated rings. The molecule has 1 amide bonds. The van der Waals surface area contributed by atoms with Crippen LogP contribution in [0.4, 0.5) is 5.69 Å². The lowest BCUT2D eigenvalue weighted by Crippen LogP contribution is -2.56. The van der Waals surface area contributed by atoms with Crippen molar-refractivity contribution in [2.45, 2.75) is 21.8 Å². The number of hydrogen-bond acceptors (Lipinski definition) is 4. The number of primary sulfonamides is 1. The number of benzene rings is 2. The average molecular weight is 496 g/mol. The number of sulfonamides is 1.